The second kappa shape index (κ2) is 9.41. The molecule has 0 bridgehead atoms. The summed E-state index contributed by atoms with van der Waals surface area (Å²) >= 11 is 12.3. The molecule has 1 aromatic heterocycles. The molecule has 7 heteroatoms. The molecule has 0 saturated heterocycles. The minimum absolute atomic E-state index is 0.0906. The Bertz CT molecular complexity index is 1250. The van der Waals surface area contributed by atoms with Gasteiger partial charge in [0.05, 0.1) is 34.7 Å². The van der Waals surface area contributed by atoms with Gasteiger partial charge in [-0.25, -0.2) is 4.98 Å². The molecule has 4 aromatic rings. The number of methoxy groups -OCH3 is 1. The lowest BCUT2D eigenvalue weighted by Gasteiger charge is -2.15. The zero-order chi connectivity index (χ0) is 21.8. The van der Waals surface area contributed by atoms with Crippen molar-refractivity contribution in [2.24, 2.45) is 0 Å². The number of hydrogen-bond acceptors (Lipinski definition) is 4. The molecule has 0 radical (unpaired) electrons. The van der Waals surface area contributed by atoms with Crippen LogP contribution < -0.4 is 15.0 Å². The van der Waals surface area contributed by atoms with Crippen LogP contribution in [0.5, 0.6) is 11.5 Å². The van der Waals surface area contributed by atoms with Crippen molar-refractivity contribution in [3.8, 4) is 22.9 Å². The van der Waals surface area contributed by atoms with E-state index in [1.807, 2.05) is 42.5 Å². The van der Waals surface area contributed by atoms with Gasteiger partial charge in [0.2, 0.25) is 0 Å². The van der Waals surface area contributed by atoms with Crippen LogP contribution in [-0.2, 0) is 6.54 Å². The largest absolute Gasteiger partial charge is 0.497 e. The zero-order valence-corrected chi connectivity index (χ0v) is 18.4. The summed E-state index contributed by atoms with van der Waals surface area (Å²) in [6.45, 7) is 0.783. The first-order chi connectivity index (χ1) is 15.1. The number of aromatic nitrogens is 2. The Kier molecular flexibility index (Phi) is 6.44. The Morgan fingerprint density at radius 3 is 2.35 bits per heavy atom. The molecule has 0 atom stereocenters. The van der Waals surface area contributed by atoms with E-state index in [2.05, 4.69) is 0 Å². The predicted octanol–water partition coefficient (Wildman–Crippen LogP) is 5.85. The van der Waals surface area contributed by atoms with Crippen LogP contribution in [0.1, 0.15) is 6.42 Å². The predicted molar refractivity (Wildman–Crippen MR) is 125 cm³/mol. The molecule has 0 aliphatic rings. The van der Waals surface area contributed by atoms with E-state index in [1.54, 1.807) is 35.9 Å². The van der Waals surface area contributed by atoms with Gasteiger partial charge in [0.25, 0.3) is 5.56 Å². The first-order valence-electron chi connectivity index (χ1n) is 9.79. The van der Waals surface area contributed by atoms with Crippen LogP contribution >= 0.6 is 23.2 Å². The van der Waals surface area contributed by atoms with Gasteiger partial charge < -0.3 is 9.47 Å². The minimum Gasteiger partial charge on any atom is -0.497 e. The Labute approximate surface area is 189 Å². The van der Waals surface area contributed by atoms with Crippen molar-refractivity contribution in [3.63, 3.8) is 0 Å². The maximum Gasteiger partial charge on any atom is 0.261 e. The molecule has 0 unspecified atom stereocenters. The summed E-state index contributed by atoms with van der Waals surface area (Å²) in [7, 11) is 1.62. The lowest BCUT2D eigenvalue weighted by atomic mass is 10.1. The van der Waals surface area contributed by atoms with Crippen LogP contribution in [0.3, 0.4) is 0 Å². The normalized spacial score (nSPS) is 10.9. The fourth-order valence-corrected chi connectivity index (χ4v) is 3.86. The van der Waals surface area contributed by atoms with E-state index in [0.29, 0.717) is 52.1 Å². The molecule has 3 aromatic carbocycles. The monoisotopic (exact) mass is 454 g/mol. The summed E-state index contributed by atoms with van der Waals surface area (Å²) in [6, 6.07) is 20.0. The van der Waals surface area contributed by atoms with Crippen molar-refractivity contribution in [3.05, 3.63) is 87.1 Å². The molecule has 158 valence electrons. The van der Waals surface area contributed by atoms with Crippen molar-refractivity contribution < 1.29 is 9.47 Å². The summed E-state index contributed by atoms with van der Waals surface area (Å²) in [5.41, 5.74) is 1.40. The molecule has 0 saturated carbocycles. The number of para-hydroxylation sites is 2. The van der Waals surface area contributed by atoms with Gasteiger partial charge in [-0.3, -0.25) is 9.36 Å². The third kappa shape index (κ3) is 4.53. The highest BCUT2D eigenvalue weighted by Crippen LogP contribution is 2.32. The number of nitrogens with zero attached hydrogens (tertiary/aromatic N) is 2. The zero-order valence-electron chi connectivity index (χ0n) is 16.8. The highest BCUT2D eigenvalue weighted by atomic mass is 35.5. The molecule has 4 rings (SSSR count). The third-order valence-electron chi connectivity index (χ3n) is 4.90. The molecule has 1 heterocycles. The fraction of sp³-hybridized carbons (Fsp3) is 0.167. The highest BCUT2D eigenvalue weighted by Gasteiger charge is 2.13. The standard InChI is InChI=1S/C24H20Cl2N2O3/c1-30-17-12-10-16(11-13-17)23-27-21-9-3-2-6-18(21)24(29)28(23)14-5-15-31-22-19(25)7-4-8-20(22)26/h2-4,6-13H,5,14-15H2,1H3. The van der Waals surface area contributed by atoms with E-state index in [0.717, 1.165) is 11.3 Å². The van der Waals surface area contributed by atoms with Gasteiger partial charge in [-0.15, -0.1) is 0 Å². The topological polar surface area (TPSA) is 53.3 Å². The first kappa shape index (κ1) is 21.2. The van der Waals surface area contributed by atoms with Gasteiger partial charge in [-0.05, 0) is 55.0 Å². The fourth-order valence-electron chi connectivity index (χ4n) is 3.35. The van der Waals surface area contributed by atoms with Crippen molar-refractivity contribution in [2.75, 3.05) is 13.7 Å². The van der Waals surface area contributed by atoms with E-state index in [9.17, 15) is 4.79 Å². The molecular formula is C24H20Cl2N2O3. The van der Waals surface area contributed by atoms with Crippen LogP contribution in [0.25, 0.3) is 22.3 Å². The lowest BCUT2D eigenvalue weighted by Crippen LogP contribution is -2.24. The Balaban J connectivity index is 1.63. The average Bonchev–Trinajstić information content (AvgIpc) is 2.79. The molecule has 0 spiro atoms. The van der Waals surface area contributed by atoms with Crippen LogP contribution in [0.15, 0.2) is 71.5 Å². The van der Waals surface area contributed by atoms with Crippen molar-refractivity contribution >= 4 is 34.1 Å². The maximum atomic E-state index is 13.2. The van der Waals surface area contributed by atoms with E-state index >= 15 is 0 Å². The number of halogens is 2. The SMILES string of the molecule is COc1ccc(-c2nc3ccccc3c(=O)n2CCCOc2c(Cl)cccc2Cl)cc1. The van der Waals surface area contributed by atoms with Gasteiger partial charge in [-0.1, -0.05) is 41.4 Å². The van der Waals surface area contributed by atoms with E-state index < -0.39 is 0 Å². The van der Waals surface area contributed by atoms with Gasteiger partial charge in [0, 0.05) is 12.1 Å². The number of hydrogen-bond donors (Lipinski definition) is 0. The maximum absolute atomic E-state index is 13.2. The Morgan fingerprint density at radius 2 is 1.65 bits per heavy atom. The van der Waals surface area contributed by atoms with Crippen molar-refractivity contribution in [2.45, 2.75) is 13.0 Å². The minimum atomic E-state index is -0.0906. The smallest absolute Gasteiger partial charge is 0.261 e. The molecule has 0 amide bonds. The molecule has 0 aliphatic heterocycles. The summed E-state index contributed by atoms with van der Waals surface area (Å²) in [4.78, 5) is 18.0. The third-order valence-corrected chi connectivity index (χ3v) is 5.50. The van der Waals surface area contributed by atoms with Crippen LogP contribution in [-0.4, -0.2) is 23.3 Å². The first-order valence-corrected chi connectivity index (χ1v) is 10.5. The number of rotatable bonds is 7. The van der Waals surface area contributed by atoms with Gasteiger partial charge >= 0.3 is 0 Å². The highest BCUT2D eigenvalue weighted by molar-refractivity contribution is 6.37. The van der Waals surface area contributed by atoms with E-state index in [1.165, 1.54) is 0 Å². The van der Waals surface area contributed by atoms with Crippen LogP contribution in [0.4, 0.5) is 0 Å². The molecule has 31 heavy (non-hydrogen) atoms. The van der Waals surface area contributed by atoms with E-state index in [-0.39, 0.29) is 5.56 Å². The second-order valence-corrected chi connectivity index (χ2v) is 7.71. The molecular weight excluding hydrogens is 435 g/mol. The molecule has 0 fully saturated rings. The summed E-state index contributed by atoms with van der Waals surface area (Å²) in [5, 5.41) is 1.49. The second-order valence-electron chi connectivity index (χ2n) is 6.89. The Morgan fingerprint density at radius 1 is 0.935 bits per heavy atom. The van der Waals surface area contributed by atoms with Crippen LogP contribution in [0.2, 0.25) is 10.0 Å². The quantitative estimate of drug-likeness (QED) is 0.328. The molecule has 0 N–H and O–H groups in total. The number of ether oxygens (including phenoxy) is 2. The summed E-state index contributed by atoms with van der Waals surface area (Å²) in [6.07, 6.45) is 0.574. The van der Waals surface area contributed by atoms with Crippen molar-refractivity contribution in [1.82, 2.24) is 9.55 Å². The number of benzene rings is 3. The molecule has 0 aliphatic carbocycles. The van der Waals surface area contributed by atoms with Gasteiger partial charge in [0.1, 0.15) is 11.6 Å². The summed E-state index contributed by atoms with van der Waals surface area (Å²) < 4.78 is 12.7. The molecule has 5 nitrogen and oxygen atoms in total. The Hall–Kier alpha value is -3.02. The number of fused-ring (bicyclic) bond motifs is 1. The van der Waals surface area contributed by atoms with Crippen LogP contribution in [0, 0.1) is 0 Å². The lowest BCUT2D eigenvalue weighted by molar-refractivity contribution is 0.301. The average molecular weight is 455 g/mol. The summed E-state index contributed by atoms with van der Waals surface area (Å²) in [5.74, 6) is 1.79. The van der Waals surface area contributed by atoms with Crippen molar-refractivity contribution in [1.29, 1.82) is 0 Å². The van der Waals surface area contributed by atoms with Gasteiger partial charge in [0.15, 0.2) is 5.75 Å². The van der Waals surface area contributed by atoms with E-state index in [4.69, 9.17) is 37.7 Å². The van der Waals surface area contributed by atoms with Gasteiger partial charge in [-0.2, -0.15) is 0 Å².